The zero-order valence-electron chi connectivity index (χ0n) is 13.0. The molecular formula is C16H20BrN3O2. The van der Waals surface area contributed by atoms with Crippen LogP contribution in [0, 0.1) is 0 Å². The van der Waals surface area contributed by atoms with Gasteiger partial charge in [0.2, 0.25) is 5.88 Å². The van der Waals surface area contributed by atoms with Crippen LogP contribution in [0.2, 0.25) is 0 Å². The fourth-order valence-corrected chi connectivity index (χ4v) is 2.51. The molecule has 5 nitrogen and oxygen atoms in total. The number of carbonyl (C=O) groups is 1. The Bertz CT molecular complexity index is 624. The summed E-state index contributed by atoms with van der Waals surface area (Å²) in [5.41, 5.74) is 0.931. The van der Waals surface area contributed by atoms with Crippen molar-refractivity contribution in [2.24, 2.45) is 0 Å². The Morgan fingerprint density at radius 2 is 1.95 bits per heavy atom. The molecule has 0 saturated heterocycles. The standard InChI is InChI=1S/C16H20BrN3O2/c1-4-19(5-2)16(21)12(3)22-15-14(17)11-20(18-15)13-9-7-6-8-10-13/h6-12H,4-5H2,1-3H3/t12-/m1/s1. The lowest BCUT2D eigenvalue weighted by molar-refractivity contribution is -0.137. The molecule has 0 aliphatic rings. The molecular weight excluding hydrogens is 346 g/mol. The van der Waals surface area contributed by atoms with Crippen molar-refractivity contribution < 1.29 is 9.53 Å². The van der Waals surface area contributed by atoms with Crippen LogP contribution in [0.5, 0.6) is 5.88 Å². The van der Waals surface area contributed by atoms with Crippen LogP contribution in [0.1, 0.15) is 20.8 Å². The number of nitrogens with zero attached hydrogens (tertiary/aromatic N) is 3. The minimum atomic E-state index is -0.574. The predicted molar refractivity (Wildman–Crippen MR) is 89.3 cm³/mol. The SMILES string of the molecule is CCN(CC)C(=O)[C@@H](C)Oc1nn(-c2ccccc2)cc1Br. The quantitative estimate of drug-likeness (QED) is 0.789. The van der Waals surface area contributed by atoms with Gasteiger partial charge in [-0.1, -0.05) is 18.2 Å². The van der Waals surface area contributed by atoms with Crippen LogP contribution in [-0.4, -0.2) is 39.8 Å². The number of hydrogen-bond acceptors (Lipinski definition) is 3. The molecule has 0 spiro atoms. The average molecular weight is 366 g/mol. The second-order valence-corrected chi connectivity index (χ2v) is 5.69. The minimum Gasteiger partial charge on any atom is -0.463 e. The maximum absolute atomic E-state index is 12.2. The summed E-state index contributed by atoms with van der Waals surface area (Å²) in [7, 11) is 0. The van der Waals surface area contributed by atoms with E-state index in [0.717, 1.165) is 10.2 Å². The molecule has 2 aromatic rings. The van der Waals surface area contributed by atoms with E-state index in [0.29, 0.717) is 19.0 Å². The average Bonchev–Trinajstić information content (AvgIpc) is 2.90. The Kier molecular flexibility index (Phi) is 5.60. The highest BCUT2D eigenvalue weighted by Gasteiger charge is 2.22. The number of ether oxygens (including phenoxy) is 1. The largest absolute Gasteiger partial charge is 0.463 e. The normalized spacial score (nSPS) is 12.0. The second-order valence-electron chi connectivity index (χ2n) is 4.83. The van der Waals surface area contributed by atoms with E-state index in [4.69, 9.17) is 4.74 Å². The van der Waals surface area contributed by atoms with Gasteiger partial charge < -0.3 is 9.64 Å². The number of amides is 1. The molecule has 1 amide bonds. The van der Waals surface area contributed by atoms with E-state index in [9.17, 15) is 4.79 Å². The zero-order valence-corrected chi connectivity index (χ0v) is 14.6. The summed E-state index contributed by atoms with van der Waals surface area (Å²) in [5.74, 6) is 0.378. The van der Waals surface area contributed by atoms with Crippen LogP contribution in [0.15, 0.2) is 41.0 Å². The van der Waals surface area contributed by atoms with Crippen LogP contribution in [0.4, 0.5) is 0 Å². The van der Waals surface area contributed by atoms with Crippen LogP contribution in [0.25, 0.3) is 5.69 Å². The first-order chi connectivity index (χ1) is 10.6. The van der Waals surface area contributed by atoms with Gasteiger partial charge in [-0.15, -0.1) is 5.10 Å². The van der Waals surface area contributed by atoms with Crippen molar-refractivity contribution in [1.82, 2.24) is 14.7 Å². The summed E-state index contributed by atoms with van der Waals surface area (Å²) >= 11 is 3.43. The molecule has 0 fully saturated rings. The van der Waals surface area contributed by atoms with Gasteiger partial charge >= 0.3 is 0 Å². The summed E-state index contributed by atoms with van der Waals surface area (Å²) < 4.78 is 8.16. The van der Waals surface area contributed by atoms with E-state index in [2.05, 4.69) is 21.0 Å². The van der Waals surface area contributed by atoms with Crippen LogP contribution in [-0.2, 0) is 4.79 Å². The van der Waals surface area contributed by atoms with Gasteiger partial charge in [0.1, 0.15) is 0 Å². The van der Waals surface area contributed by atoms with E-state index in [1.165, 1.54) is 0 Å². The molecule has 1 aromatic carbocycles. The summed E-state index contributed by atoms with van der Waals surface area (Å²) in [5, 5.41) is 4.39. The molecule has 0 saturated carbocycles. The molecule has 22 heavy (non-hydrogen) atoms. The Morgan fingerprint density at radius 3 is 2.55 bits per heavy atom. The lowest BCUT2D eigenvalue weighted by atomic mass is 10.3. The molecule has 1 aromatic heterocycles. The van der Waals surface area contributed by atoms with Crippen molar-refractivity contribution in [3.05, 3.63) is 41.0 Å². The fraction of sp³-hybridized carbons (Fsp3) is 0.375. The van der Waals surface area contributed by atoms with E-state index < -0.39 is 6.10 Å². The van der Waals surface area contributed by atoms with Gasteiger partial charge in [0.25, 0.3) is 5.91 Å². The lowest BCUT2D eigenvalue weighted by Crippen LogP contribution is -2.40. The third kappa shape index (κ3) is 3.68. The Hall–Kier alpha value is -1.82. The van der Waals surface area contributed by atoms with Crippen molar-refractivity contribution in [2.75, 3.05) is 13.1 Å². The Morgan fingerprint density at radius 1 is 1.32 bits per heavy atom. The number of para-hydroxylation sites is 1. The summed E-state index contributed by atoms with van der Waals surface area (Å²) in [6, 6.07) is 9.74. The maximum Gasteiger partial charge on any atom is 0.263 e. The van der Waals surface area contributed by atoms with Crippen molar-refractivity contribution in [3.8, 4) is 11.6 Å². The number of carbonyl (C=O) groups excluding carboxylic acids is 1. The van der Waals surface area contributed by atoms with Gasteiger partial charge in [-0.05, 0) is 48.8 Å². The second kappa shape index (κ2) is 7.45. The molecule has 0 aliphatic carbocycles. The van der Waals surface area contributed by atoms with Crippen LogP contribution >= 0.6 is 15.9 Å². The van der Waals surface area contributed by atoms with Crippen molar-refractivity contribution in [2.45, 2.75) is 26.9 Å². The molecule has 6 heteroatoms. The van der Waals surface area contributed by atoms with Gasteiger partial charge in [0.15, 0.2) is 6.10 Å². The van der Waals surface area contributed by atoms with Crippen molar-refractivity contribution >= 4 is 21.8 Å². The van der Waals surface area contributed by atoms with Crippen LogP contribution < -0.4 is 4.74 Å². The van der Waals surface area contributed by atoms with E-state index >= 15 is 0 Å². The maximum atomic E-state index is 12.2. The monoisotopic (exact) mass is 365 g/mol. The van der Waals surface area contributed by atoms with Crippen molar-refractivity contribution in [1.29, 1.82) is 0 Å². The van der Waals surface area contributed by atoms with E-state index in [-0.39, 0.29) is 5.91 Å². The van der Waals surface area contributed by atoms with Gasteiger partial charge in [-0.3, -0.25) is 4.79 Å². The highest BCUT2D eigenvalue weighted by atomic mass is 79.9. The topological polar surface area (TPSA) is 47.4 Å². The summed E-state index contributed by atoms with van der Waals surface area (Å²) in [4.78, 5) is 14.0. The molecule has 0 aliphatic heterocycles. The number of aromatic nitrogens is 2. The predicted octanol–water partition coefficient (Wildman–Crippen LogP) is 3.27. The first-order valence-corrected chi connectivity index (χ1v) is 8.12. The van der Waals surface area contributed by atoms with Gasteiger partial charge in [-0.2, -0.15) is 0 Å². The molecule has 2 rings (SSSR count). The van der Waals surface area contributed by atoms with Gasteiger partial charge in [-0.25, -0.2) is 4.68 Å². The molecule has 0 radical (unpaired) electrons. The Balaban J connectivity index is 2.14. The molecule has 0 N–H and O–H groups in total. The van der Waals surface area contributed by atoms with E-state index in [1.54, 1.807) is 16.5 Å². The summed E-state index contributed by atoms with van der Waals surface area (Å²) in [6.45, 7) is 6.99. The van der Waals surface area contributed by atoms with Gasteiger partial charge in [0.05, 0.1) is 10.2 Å². The highest BCUT2D eigenvalue weighted by Crippen LogP contribution is 2.25. The number of hydrogen-bond donors (Lipinski definition) is 0. The third-order valence-corrected chi connectivity index (χ3v) is 3.91. The summed E-state index contributed by atoms with van der Waals surface area (Å²) in [6.07, 6.45) is 1.24. The molecule has 1 heterocycles. The molecule has 0 unspecified atom stereocenters. The number of halogens is 1. The lowest BCUT2D eigenvalue weighted by Gasteiger charge is -2.22. The Labute approximate surface area is 139 Å². The minimum absolute atomic E-state index is 0.0360. The number of rotatable bonds is 6. The van der Waals surface area contributed by atoms with E-state index in [1.807, 2.05) is 50.4 Å². The van der Waals surface area contributed by atoms with Crippen molar-refractivity contribution in [3.63, 3.8) is 0 Å². The smallest absolute Gasteiger partial charge is 0.263 e. The highest BCUT2D eigenvalue weighted by molar-refractivity contribution is 9.10. The first kappa shape index (κ1) is 16.5. The number of benzene rings is 1. The molecule has 0 bridgehead atoms. The van der Waals surface area contributed by atoms with Gasteiger partial charge in [0, 0.05) is 19.3 Å². The molecule has 1 atom stereocenters. The number of likely N-dealkylation sites (N-methyl/N-ethyl adjacent to an activating group) is 1. The van der Waals surface area contributed by atoms with Crippen LogP contribution in [0.3, 0.4) is 0 Å². The zero-order chi connectivity index (χ0) is 16.1. The first-order valence-electron chi connectivity index (χ1n) is 7.32. The fourth-order valence-electron chi connectivity index (χ4n) is 2.14. The molecule has 118 valence electrons. The third-order valence-electron chi connectivity index (χ3n) is 3.37.